The van der Waals surface area contributed by atoms with Crippen LogP contribution in [0.3, 0.4) is 0 Å². The van der Waals surface area contributed by atoms with Gasteiger partial charge in [0.1, 0.15) is 11.6 Å². The summed E-state index contributed by atoms with van der Waals surface area (Å²) < 4.78 is 43.1. The van der Waals surface area contributed by atoms with Crippen LogP contribution in [0.1, 0.15) is 70.0 Å². The number of carbonyl (C=O) groups excluding carboxylic acids is 1. The summed E-state index contributed by atoms with van der Waals surface area (Å²) in [5.41, 5.74) is 5.35. The zero-order valence-corrected chi connectivity index (χ0v) is 17.1. The van der Waals surface area contributed by atoms with E-state index in [0.29, 0.717) is 12.8 Å². The van der Waals surface area contributed by atoms with Crippen molar-refractivity contribution in [2.75, 3.05) is 0 Å². The molecule has 2 aliphatic carbocycles. The van der Waals surface area contributed by atoms with Crippen molar-refractivity contribution in [3.63, 3.8) is 0 Å². The van der Waals surface area contributed by atoms with Crippen LogP contribution in [0.15, 0.2) is 24.3 Å². The highest BCUT2D eigenvalue weighted by molar-refractivity contribution is 5.80. The first-order valence-electron chi connectivity index (χ1n) is 10.1. The van der Waals surface area contributed by atoms with E-state index in [-0.39, 0.29) is 23.3 Å². The molecule has 7 heteroatoms. The number of nitrogens with zero attached hydrogens (tertiary/aromatic N) is 2. The first kappa shape index (κ1) is 21.6. The number of benzene rings is 1. The van der Waals surface area contributed by atoms with Crippen LogP contribution in [0, 0.1) is 17.2 Å². The van der Waals surface area contributed by atoms with E-state index in [9.17, 15) is 23.2 Å². The van der Waals surface area contributed by atoms with E-state index in [1.807, 2.05) is 19.9 Å². The average Bonchev–Trinajstić information content (AvgIpc) is 3.54. The molecule has 2 aliphatic rings. The molecule has 1 aromatic rings. The Morgan fingerprint density at radius 2 is 1.76 bits per heavy atom. The van der Waals surface area contributed by atoms with Gasteiger partial charge in [-0.25, -0.2) is 0 Å². The van der Waals surface area contributed by atoms with Gasteiger partial charge in [-0.2, -0.15) is 18.4 Å². The Balaban J connectivity index is 2.07. The quantitative estimate of drug-likeness (QED) is 0.685. The zero-order chi connectivity index (χ0) is 21.6. The summed E-state index contributed by atoms with van der Waals surface area (Å²) in [5, 5.41) is 9.70. The lowest BCUT2D eigenvalue weighted by Crippen LogP contribution is -2.56. The van der Waals surface area contributed by atoms with Crippen molar-refractivity contribution in [2.24, 2.45) is 11.7 Å². The molecule has 0 bridgehead atoms. The number of nitriles is 1. The number of amides is 1. The highest BCUT2D eigenvalue weighted by atomic mass is 19.4. The van der Waals surface area contributed by atoms with Crippen LogP contribution >= 0.6 is 0 Å². The van der Waals surface area contributed by atoms with Crippen molar-refractivity contribution in [1.29, 1.82) is 5.26 Å². The number of carbonyl (C=O) groups is 1. The van der Waals surface area contributed by atoms with Crippen LogP contribution in [-0.4, -0.2) is 28.6 Å². The van der Waals surface area contributed by atoms with E-state index < -0.39 is 29.7 Å². The van der Waals surface area contributed by atoms with Gasteiger partial charge < -0.3 is 5.73 Å². The molecule has 29 heavy (non-hydrogen) atoms. The average molecular weight is 407 g/mol. The molecule has 3 rings (SSSR count). The van der Waals surface area contributed by atoms with Gasteiger partial charge in [-0.1, -0.05) is 45.0 Å². The second-order valence-electron chi connectivity index (χ2n) is 9.23. The lowest BCUT2D eigenvalue weighted by Gasteiger charge is -2.41. The molecule has 0 unspecified atom stereocenters. The lowest BCUT2D eigenvalue weighted by molar-refractivity contribution is -0.200. The van der Waals surface area contributed by atoms with E-state index in [1.165, 1.54) is 12.1 Å². The number of nitrogens with two attached hydrogens (primary N) is 1. The molecular formula is C22H28F3N3O. The predicted molar refractivity (Wildman–Crippen MR) is 104 cm³/mol. The fourth-order valence-corrected chi connectivity index (χ4v) is 4.14. The van der Waals surface area contributed by atoms with Crippen molar-refractivity contribution < 1.29 is 18.0 Å². The molecule has 0 saturated heterocycles. The first-order chi connectivity index (χ1) is 13.4. The molecule has 1 aromatic carbocycles. The molecule has 158 valence electrons. The second kappa shape index (κ2) is 7.32. The first-order valence-corrected chi connectivity index (χ1v) is 10.1. The molecule has 0 heterocycles. The van der Waals surface area contributed by atoms with Crippen LogP contribution < -0.4 is 5.73 Å². The van der Waals surface area contributed by atoms with Gasteiger partial charge in [-0.15, -0.1) is 0 Å². The second-order valence-corrected chi connectivity index (χ2v) is 9.23. The van der Waals surface area contributed by atoms with Gasteiger partial charge in [-0.3, -0.25) is 9.69 Å². The van der Waals surface area contributed by atoms with E-state index in [4.69, 9.17) is 5.73 Å². The van der Waals surface area contributed by atoms with Crippen LogP contribution in [-0.2, 0) is 10.2 Å². The molecule has 0 radical (unpaired) electrons. The maximum atomic E-state index is 14.4. The molecule has 2 fully saturated rings. The van der Waals surface area contributed by atoms with Gasteiger partial charge in [0.15, 0.2) is 0 Å². The summed E-state index contributed by atoms with van der Waals surface area (Å²) in [6.07, 6.45) is -1.83. The summed E-state index contributed by atoms with van der Waals surface area (Å²) in [6, 6.07) is 5.30. The third-order valence-corrected chi connectivity index (χ3v) is 6.30. The van der Waals surface area contributed by atoms with E-state index in [1.54, 1.807) is 12.1 Å². The number of alkyl halides is 3. The van der Waals surface area contributed by atoms with Gasteiger partial charge in [-0.05, 0) is 54.6 Å². The molecule has 0 aliphatic heterocycles. The van der Waals surface area contributed by atoms with Crippen molar-refractivity contribution >= 4 is 5.91 Å². The zero-order valence-electron chi connectivity index (χ0n) is 17.1. The van der Waals surface area contributed by atoms with E-state index >= 15 is 0 Å². The van der Waals surface area contributed by atoms with Crippen LogP contribution in [0.25, 0.3) is 0 Å². The topological polar surface area (TPSA) is 70.1 Å². The number of rotatable bonds is 8. The highest BCUT2D eigenvalue weighted by Crippen LogP contribution is 2.52. The van der Waals surface area contributed by atoms with Gasteiger partial charge in [0.2, 0.25) is 5.91 Å². The van der Waals surface area contributed by atoms with Crippen LogP contribution in [0.4, 0.5) is 13.2 Å². The summed E-state index contributed by atoms with van der Waals surface area (Å²) in [5.74, 6) is -0.868. The number of primary amides is 1. The Labute approximate surface area is 169 Å². The van der Waals surface area contributed by atoms with Crippen molar-refractivity contribution in [3.05, 3.63) is 35.4 Å². The van der Waals surface area contributed by atoms with E-state index in [0.717, 1.165) is 23.3 Å². The molecule has 2 atom stereocenters. The highest BCUT2D eigenvalue weighted by Gasteiger charge is 2.60. The predicted octanol–water partition coefficient (Wildman–Crippen LogP) is 4.60. The third kappa shape index (κ3) is 4.28. The third-order valence-electron chi connectivity index (χ3n) is 6.30. The largest absolute Gasteiger partial charge is 0.408 e. The van der Waals surface area contributed by atoms with Gasteiger partial charge >= 0.3 is 6.18 Å². The van der Waals surface area contributed by atoms with Crippen LogP contribution in [0.2, 0.25) is 0 Å². The minimum absolute atomic E-state index is 0.0435. The monoisotopic (exact) mass is 407 g/mol. The van der Waals surface area contributed by atoms with Crippen LogP contribution in [0.5, 0.6) is 0 Å². The lowest BCUT2D eigenvalue weighted by atomic mass is 9.92. The molecular weight excluding hydrogens is 379 g/mol. The van der Waals surface area contributed by atoms with Gasteiger partial charge in [0.05, 0.1) is 12.1 Å². The minimum Gasteiger partial charge on any atom is -0.368 e. The molecule has 2 N–H and O–H groups in total. The number of hydrogen-bond donors (Lipinski definition) is 1. The summed E-state index contributed by atoms with van der Waals surface area (Å²) in [4.78, 5) is 13.3. The Bertz CT molecular complexity index is 802. The Hall–Kier alpha value is -2.07. The van der Waals surface area contributed by atoms with Crippen molar-refractivity contribution in [1.82, 2.24) is 4.90 Å². The fourth-order valence-electron chi connectivity index (χ4n) is 4.14. The van der Waals surface area contributed by atoms with E-state index in [2.05, 4.69) is 6.92 Å². The van der Waals surface area contributed by atoms with Gasteiger partial charge in [0, 0.05) is 0 Å². The van der Waals surface area contributed by atoms with Crippen molar-refractivity contribution in [2.45, 2.75) is 82.1 Å². The molecule has 0 aromatic heterocycles. The Morgan fingerprint density at radius 1 is 1.21 bits per heavy atom. The van der Waals surface area contributed by atoms with Gasteiger partial charge in [0.25, 0.3) is 0 Å². The molecule has 0 spiro atoms. The number of halogens is 3. The SMILES string of the molecule is CC(C)C[C@@H](C(N)=O)N([C@@H](c1ccc(C2(C)CC2)cc1)C(F)(F)F)C1(C#N)CC1. The maximum Gasteiger partial charge on any atom is 0.408 e. The smallest absolute Gasteiger partial charge is 0.368 e. The maximum absolute atomic E-state index is 14.4. The summed E-state index contributed by atoms with van der Waals surface area (Å²) in [7, 11) is 0. The molecule has 1 amide bonds. The standard InChI is InChI=1S/C22H28F3N3O/c1-14(2)12-17(19(27)29)28(21(13-26)10-11-21)18(22(23,24)25)15-4-6-16(7-5-15)20(3)8-9-20/h4-7,14,17-18H,8-12H2,1-3H3,(H2,27,29)/t17-,18-/m0/s1. The summed E-state index contributed by atoms with van der Waals surface area (Å²) >= 11 is 0. The Morgan fingerprint density at radius 3 is 2.10 bits per heavy atom. The molecule has 4 nitrogen and oxygen atoms in total. The number of hydrogen-bond acceptors (Lipinski definition) is 3. The molecule has 2 saturated carbocycles. The Kier molecular flexibility index (Phi) is 5.46. The minimum atomic E-state index is -4.65. The van der Waals surface area contributed by atoms with Crippen molar-refractivity contribution in [3.8, 4) is 6.07 Å². The fraction of sp³-hybridized carbons (Fsp3) is 0.636. The normalized spacial score (nSPS) is 21.5. The summed E-state index contributed by atoms with van der Waals surface area (Å²) in [6.45, 7) is 5.75.